The lowest BCUT2D eigenvalue weighted by Gasteiger charge is -2.20. The molecule has 106 valence electrons. The molecule has 0 aromatic carbocycles. The van der Waals surface area contributed by atoms with Gasteiger partial charge in [-0.15, -0.1) is 0 Å². The van der Waals surface area contributed by atoms with Gasteiger partial charge >= 0.3 is 0 Å². The fraction of sp³-hybridized carbons (Fsp3) is 0.833. The van der Waals surface area contributed by atoms with E-state index in [0.29, 0.717) is 24.0 Å². The Labute approximate surface area is 112 Å². The third-order valence-corrected chi connectivity index (χ3v) is 5.74. The lowest BCUT2D eigenvalue weighted by Crippen LogP contribution is -2.25. The zero-order valence-corrected chi connectivity index (χ0v) is 11.6. The van der Waals surface area contributed by atoms with Crippen molar-refractivity contribution in [1.29, 1.82) is 0 Å². The van der Waals surface area contributed by atoms with Gasteiger partial charge in [0, 0.05) is 12.8 Å². The molecule has 2 aliphatic rings. The van der Waals surface area contributed by atoms with Gasteiger partial charge in [-0.3, -0.25) is 0 Å². The number of hydrogen-bond donors (Lipinski definition) is 1. The summed E-state index contributed by atoms with van der Waals surface area (Å²) in [5.74, 6) is 2.71. The molecule has 0 bridgehead atoms. The first-order chi connectivity index (χ1) is 9.02. The van der Waals surface area contributed by atoms with Crippen molar-refractivity contribution in [2.45, 2.75) is 44.8 Å². The standard InChI is InChI=1S/C12H19N3O3S/c16-10-1-2-12-13-11(14-15(12)8-10)7-9-3-5-19(17,18)6-4-9/h9-10,16H,1-8H2. The molecule has 1 unspecified atom stereocenters. The second-order valence-electron chi connectivity index (χ2n) is 5.62. The molecule has 0 spiro atoms. The van der Waals surface area contributed by atoms with Gasteiger partial charge in [0.15, 0.2) is 5.82 Å². The Morgan fingerprint density at radius 2 is 2.00 bits per heavy atom. The fourth-order valence-electron chi connectivity index (χ4n) is 2.83. The third-order valence-electron chi connectivity index (χ3n) is 4.02. The zero-order chi connectivity index (χ0) is 13.5. The van der Waals surface area contributed by atoms with Crippen LogP contribution in [-0.4, -0.2) is 45.9 Å². The van der Waals surface area contributed by atoms with E-state index in [0.717, 1.165) is 43.8 Å². The Balaban J connectivity index is 1.65. The molecule has 0 saturated carbocycles. The molecule has 3 heterocycles. The first kappa shape index (κ1) is 13.1. The summed E-state index contributed by atoms with van der Waals surface area (Å²) in [7, 11) is -2.80. The molecule has 0 aliphatic carbocycles. The lowest BCUT2D eigenvalue weighted by molar-refractivity contribution is 0.124. The minimum atomic E-state index is -2.80. The Morgan fingerprint density at radius 1 is 1.26 bits per heavy atom. The molecular formula is C12H19N3O3S. The van der Waals surface area contributed by atoms with E-state index in [-0.39, 0.29) is 6.10 Å². The summed E-state index contributed by atoms with van der Waals surface area (Å²) >= 11 is 0. The molecule has 0 amide bonds. The van der Waals surface area contributed by atoms with Crippen LogP contribution >= 0.6 is 0 Å². The number of rotatable bonds is 2. The summed E-state index contributed by atoms with van der Waals surface area (Å²) in [6.07, 6.45) is 3.39. The van der Waals surface area contributed by atoms with E-state index in [2.05, 4.69) is 10.1 Å². The summed E-state index contributed by atoms with van der Waals surface area (Å²) in [6.45, 7) is 0.529. The molecule has 6 nitrogen and oxygen atoms in total. The van der Waals surface area contributed by atoms with E-state index >= 15 is 0 Å². The van der Waals surface area contributed by atoms with Gasteiger partial charge in [0.1, 0.15) is 15.7 Å². The van der Waals surface area contributed by atoms with Crippen LogP contribution in [0.2, 0.25) is 0 Å². The first-order valence-electron chi connectivity index (χ1n) is 6.83. The molecule has 19 heavy (non-hydrogen) atoms. The number of aryl methyl sites for hydroxylation is 1. The molecule has 1 N–H and O–H groups in total. The number of fused-ring (bicyclic) bond motifs is 1. The predicted octanol–water partition coefficient (Wildman–Crippen LogP) is -0.0475. The molecule has 1 saturated heterocycles. The number of hydrogen-bond acceptors (Lipinski definition) is 5. The Morgan fingerprint density at radius 3 is 2.74 bits per heavy atom. The molecule has 0 radical (unpaired) electrons. The van der Waals surface area contributed by atoms with Crippen LogP contribution in [0.5, 0.6) is 0 Å². The fourth-order valence-corrected chi connectivity index (χ4v) is 4.42. The highest BCUT2D eigenvalue weighted by Gasteiger charge is 2.26. The van der Waals surface area contributed by atoms with Gasteiger partial charge in [-0.2, -0.15) is 5.10 Å². The SMILES string of the molecule is O=S1(=O)CCC(Cc2nc3n(n2)CC(O)CC3)CC1. The van der Waals surface area contributed by atoms with Crippen LogP contribution < -0.4 is 0 Å². The molecule has 2 aliphatic heterocycles. The number of aliphatic hydroxyl groups excluding tert-OH is 1. The maximum atomic E-state index is 11.4. The summed E-state index contributed by atoms with van der Waals surface area (Å²) in [6, 6.07) is 0. The van der Waals surface area contributed by atoms with Gasteiger partial charge in [-0.05, 0) is 25.2 Å². The Bertz CT molecular complexity index is 553. The molecule has 1 atom stereocenters. The zero-order valence-electron chi connectivity index (χ0n) is 10.8. The molecule has 3 rings (SSSR count). The highest BCUT2D eigenvalue weighted by atomic mass is 32.2. The van der Waals surface area contributed by atoms with E-state index in [9.17, 15) is 13.5 Å². The topological polar surface area (TPSA) is 85.1 Å². The van der Waals surface area contributed by atoms with Gasteiger partial charge in [-0.25, -0.2) is 18.1 Å². The number of nitrogens with zero attached hydrogens (tertiary/aromatic N) is 3. The minimum absolute atomic E-state index is 0.296. The van der Waals surface area contributed by atoms with Crippen LogP contribution in [0.25, 0.3) is 0 Å². The molecule has 1 aromatic rings. The monoisotopic (exact) mass is 285 g/mol. The van der Waals surface area contributed by atoms with Crippen molar-refractivity contribution in [3.8, 4) is 0 Å². The van der Waals surface area contributed by atoms with Crippen LogP contribution in [0.1, 0.15) is 30.9 Å². The van der Waals surface area contributed by atoms with Crippen molar-refractivity contribution in [1.82, 2.24) is 14.8 Å². The Hall–Kier alpha value is -0.950. The van der Waals surface area contributed by atoms with Gasteiger partial charge in [0.25, 0.3) is 0 Å². The van der Waals surface area contributed by atoms with Crippen molar-refractivity contribution in [2.75, 3.05) is 11.5 Å². The molecule has 1 aromatic heterocycles. The normalized spacial score (nSPS) is 27.1. The van der Waals surface area contributed by atoms with Crippen LogP contribution in [0.15, 0.2) is 0 Å². The van der Waals surface area contributed by atoms with Gasteiger partial charge in [0.2, 0.25) is 0 Å². The van der Waals surface area contributed by atoms with Crippen molar-refractivity contribution < 1.29 is 13.5 Å². The Kier molecular flexibility index (Phi) is 3.34. The third kappa shape index (κ3) is 2.97. The number of aliphatic hydroxyl groups is 1. The maximum absolute atomic E-state index is 11.4. The quantitative estimate of drug-likeness (QED) is 0.823. The van der Waals surface area contributed by atoms with Crippen molar-refractivity contribution >= 4 is 9.84 Å². The smallest absolute Gasteiger partial charge is 0.151 e. The van der Waals surface area contributed by atoms with Crippen LogP contribution in [-0.2, 0) is 29.2 Å². The molecule has 1 fully saturated rings. The summed E-state index contributed by atoms with van der Waals surface area (Å²) in [5.41, 5.74) is 0. The molecular weight excluding hydrogens is 266 g/mol. The van der Waals surface area contributed by atoms with Crippen molar-refractivity contribution in [3.63, 3.8) is 0 Å². The number of sulfone groups is 1. The van der Waals surface area contributed by atoms with E-state index < -0.39 is 9.84 Å². The lowest BCUT2D eigenvalue weighted by atomic mass is 9.99. The van der Waals surface area contributed by atoms with Gasteiger partial charge < -0.3 is 5.11 Å². The number of aromatic nitrogens is 3. The minimum Gasteiger partial charge on any atom is -0.391 e. The van der Waals surface area contributed by atoms with Crippen LogP contribution in [0, 0.1) is 5.92 Å². The van der Waals surface area contributed by atoms with Crippen molar-refractivity contribution in [3.05, 3.63) is 11.6 Å². The largest absolute Gasteiger partial charge is 0.391 e. The average molecular weight is 285 g/mol. The summed E-state index contributed by atoms with van der Waals surface area (Å²) in [5, 5.41) is 14.0. The van der Waals surface area contributed by atoms with Crippen LogP contribution in [0.3, 0.4) is 0 Å². The first-order valence-corrected chi connectivity index (χ1v) is 8.65. The van der Waals surface area contributed by atoms with Gasteiger partial charge in [0.05, 0.1) is 24.2 Å². The highest BCUT2D eigenvalue weighted by Crippen LogP contribution is 2.22. The van der Waals surface area contributed by atoms with Crippen LogP contribution in [0.4, 0.5) is 0 Å². The second kappa shape index (κ2) is 4.86. The van der Waals surface area contributed by atoms with E-state index in [1.54, 1.807) is 4.68 Å². The average Bonchev–Trinajstić information content (AvgIpc) is 2.73. The van der Waals surface area contributed by atoms with E-state index in [1.165, 1.54) is 0 Å². The second-order valence-corrected chi connectivity index (χ2v) is 7.92. The maximum Gasteiger partial charge on any atom is 0.151 e. The van der Waals surface area contributed by atoms with E-state index in [1.807, 2.05) is 0 Å². The molecule has 7 heteroatoms. The summed E-state index contributed by atoms with van der Waals surface area (Å²) < 4.78 is 24.6. The van der Waals surface area contributed by atoms with E-state index in [4.69, 9.17) is 0 Å². The predicted molar refractivity (Wildman–Crippen MR) is 69.4 cm³/mol. The highest BCUT2D eigenvalue weighted by molar-refractivity contribution is 7.91. The summed E-state index contributed by atoms with van der Waals surface area (Å²) in [4.78, 5) is 4.51. The van der Waals surface area contributed by atoms with Crippen molar-refractivity contribution in [2.24, 2.45) is 5.92 Å². The van der Waals surface area contributed by atoms with Gasteiger partial charge in [-0.1, -0.05) is 0 Å².